The molecule has 0 aliphatic carbocycles. The summed E-state index contributed by atoms with van der Waals surface area (Å²) < 4.78 is 37.2. The molecule has 38 heavy (non-hydrogen) atoms. The summed E-state index contributed by atoms with van der Waals surface area (Å²) >= 11 is 0. The van der Waals surface area contributed by atoms with E-state index in [2.05, 4.69) is 5.32 Å². The lowest BCUT2D eigenvalue weighted by molar-refractivity contribution is -0.120. The molecule has 3 heterocycles. The lowest BCUT2D eigenvalue weighted by Gasteiger charge is -2.38. The molecule has 0 saturated carbocycles. The van der Waals surface area contributed by atoms with E-state index in [1.807, 2.05) is 86.6 Å². The van der Waals surface area contributed by atoms with Gasteiger partial charge in [-0.1, -0.05) is 77.9 Å². The van der Waals surface area contributed by atoms with Crippen LogP contribution in [0.25, 0.3) is 11.0 Å². The zero-order valence-corrected chi connectivity index (χ0v) is 21.6. The van der Waals surface area contributed by atoms with Crippen molar-refractivity contribution in [2.24, 2.45) is 0 Å². The van der Waals surface area contributed by atoms with E-state index in [4.69, 9.17) is 4.42 Å². The van der Waals surface area contributed by atoms with Crippen LogP contribution >= 0.6 is 0 Å². The van der Waals surface area contributed by atoms with E-state index in [9.17, 15) is 13.2 Å². The fraction of sp³-hybridized carbons (Fsp3) is 0.129. The second-order valence-corrected chi connectivity index (χ2v) is 11.8. The van der Waals surface area contributed by atoms with E-state index in [1.54, 1.807) is 24.3 Å². The van der Waals surface area contributed by atoms with Crippen LogP contribution in [0.3, 0.4) is 0 Å². The highest BCUT2D eigenvalue weighted by molar-refractivity contribution is 7.93. The van der Waals surface area contributed by atoms with Crippen molar-refractivity contribution in [2.75, 3.05) is 9.62 Å². The lowest BCUT2D eigenvalue weighted by Crippen LogP contribution is -2.54. The first-order valence-corrected chi connectivity index (χ1v) is 13.9. The lowest BCUT2D eigenvalue weighted by atomic mass is 9.76. The summed E-state index contributed by atoms with van der Waals surface area (Å²) in [6, 6.07) is 29.3. The zero-order valence-electron chi connectivity index (χ0n) is 20.8. The summed E-state index contributed by atoms with van der Waals surface area (Å²) in [6.07, 6.45) is 0. The predicted octanol–water partition coefficient (Wildman–Crippen LogP) is 6.24. The maximum absolute atomic E-state index is 14.7. The molecular formula is C31H24N2O4S. The highest BCUT2D eigenvalue weighted by atomic mass is 32.2. The molecule has 1 aromatic heterocycles. The van der Waals surface area contributed by atoms with Gasteiger partial charge in [0.25, 0.3) is 15.9 Å². The second-order valence-electron chi connectivity index (χ2n) is 10.0. The van der Waals surface area contributed by atoms with Crippen LogP contribution in [0.15, 0.2) is 106 Å². The molecule has 2 atom stereocenters. The van der Waals surface area contributed by atoms with Crippen molar-refractivity contribution in [1.29, 1.82) is 0 Å². The van der Waals surface area contributed by atoms with E-state index in [-0.39, 0.29) is 4.90 Å². The van der Waals surface area contributed by atoms with Gasteiger partial charge in [0.05, 0.1) is 10.8 Å². The molecule has 5 aromatic rings. The number of hydrogen-bond donors (Lipinski definition) is 1. The van der Waals surface area contributed by atoms with Gasteiger partial charge < -0.3 is 9.73 Å². The van der Waals surface area contributed by atoms with E-state index >= 15 is 0 Å². The summed E-state index contributed by atoms with van der Waals surface area (Å²) in [4.78, 5) is 14.4. The largest absolute Gasteiger partial charge is 0.458 e. The van der Waals surface area contributed by atoms with Gasteiger partial charge in [0.2, 0.25) is 0 Å². The van der Waals surface area contributed by atoms with Gasteiger partial charge in [0, 0.05) is 16.6 Å². The average molecular weight is 521 g/mol. The van der Waals surface area contributed by atoms with Gasteiger partial charge in [0.1, 0.15) is 17.0 Å². The van der Waals surface area contributed by atoms with Crippen LogP contribution in [0.4, 0.5) is 11.4 Å². The number of benzene rings is 4. The van der Waals surface area contributed by atoms with Gasteiger partial charge in [-0.05, 0) is 49.7 Å². The number of rotatable bonds is 3. The fourth-order valence-corrected chi connectivity index (χ4v) is 7.84. The highest BCUT2D eigenvalue weighted by Crippen LogP contribution is 2.63. The molecule has 6 nitrogen and oxygen atoms in total. The standard InChI is InChI=1S/C31H24N2O4S/c1-19-14-16-22(17-15-19)38(35,36)33-28-23-10-3-6-13-26(23)37-29(28)27(21-9-7-8-20(2)18-21)31(33)24-11-4-5-12-25(24)32-30(31)34/h3-18,27H,1-2H3,(H,32,34). The van der Waals surface area contributed by atoms with Crippen LogP contribution in [0.5, 0.6) is 0 Å². The van der Waals surface area contributed by atoms with E-state index in [0.717, 1.165) is 16.7 Å². The Bertz CT molecular complexity index is 1870. The van der Waals surface area contributed by atoms with Crippen molar-refractivity contribution in [2.45, 2.75) is 30.2 Å². The Kier molecular flexibility index (Phi) is 4.69. The Morgan fingerprint density at radius 2 is 1.58 bits per heavy atom. The molecule has 0 radical (unpaired) electrons. The van der Waals surface area contributed by atoms with Crippen LogP contribution in [-0.4, -0.2) is 14.3 Å². The van der Waals surface area contributed by atoms with E-state index in [1.165, 1.54) is 4.31 Å². The van der Waals surface area contributed by atoms with Crippen LogP contribution in [0.2, 0.25) is 0 Å². The molecule has 188 valence electrons. The summed E-state index contributed by atoms with van der Waals surface area (Å²) in [5.41, 5.74) is 3.29. The third kappa shape index (κ3) is 2.88. The number of anilines is 2. The van der Waals surface area contributed by atoms with Gasteiger partial charge in [0.15, 0.2) is 5.54 Å². The third-order valence-electron chi connectivity index (χ3n) is 7.67. The Hall–Kier alpha value is -4.36. The first-order valence-electron chi connectivity index (χ1n) is 12.4. The molecule has 1 amide bonds. The van der Waals surface area contributed by atoms with E-state index < -0.39 is 27.4 Å². The molecule has 0 bridgehead atoms. The number of sulfonamides is 1. The van der Waals surface area contributed by atoms with Crippen LogP contribution in [0, 0.1) is 13.8 Å². The minimum absolute atomic E-state index is 0.112. The summed E-state index contributed by atoms with van der Waals surface area (Å²) in [7, 11) is -4.24. The molecule has 2 unspecified atom stereocenters. The van der Waals surface area contributed by atoms with E-state index in [0.29, 0.717) is 33.7 Å². The molecule has 2 aliphatic rings. The molecule has 0 saturated heterocycles. The normalized spacial score (nSPS) is 20.1. The number of fused-ring (bicyclic) bond motifs is 5. The maximum atomic E-state index is 14.7. The molecule has 7 rings (SSSR count). The molecular weight excluding hydrogens is 496 g/mol. The highest BCUT2D eigenvalue weighted by Gasteiger charge is 2.67. The zero-order chi connectivity index (χ0) is 26.2. The van der Waals surface area contributed by atoms with Gasteiger partial charge in [-0.15, -0.1) is 0 Å². The molecule has 1 N–H and O–H groups in total. The quantitative estimate of drug-likeness (QED) is 0.306. The maximum Gasteiger partial charge on any atom is 0.265 e. The average Bonchev–Trinajstić information content (AvgIpc) is 3.51. The Morgan fingerprint density at radius 1 is 0.842 bits per heavy atom. The van der Waals surface area contributed by atoms with Crippen LogP contribution in [-0.2, 0) is 20.4 Å². The van der Waals surface area contributed by atoms with Crippen molar-refractivity contribution < 1.29 is 17.6 Å². The van der Waals surface area contributed by atoms with Crippen molar-refractivity contribution in [3.63, 3.8) is 0 Å². The number of carbonyl (C=O) groups excluding carboxylic acids is 1. The minimum Gasteiger partial charge on any atom is -0.458 e. The number of amides is 1. The van der Waals surface area contributed by atoms with Crippen molar-refractivity contribution in [1.82, 2.24) is 0 Å². The molecule has 1 spiro atoms. The number of carbonyl (C=O) groups is 1. The van der Waals surface area contributed by atoms with Crippen molar-refractivity contribution >= 4 is 38.3 Å². The number of furan rings is 1. The fourth-order valence-electron chi connectivity index (χ4n) is 6.06. The smallest absolute Gasteiger partial charge is 0.265 e. The monoisotopic (exact) mass is 520 g/mol. The molecule has 0 fully saturated rings. The van der Waals surface area contributed by atoms with Gasteiger partial charge >= 0.3 is 0 Å². The molecule has 7 heteroatoms. The topological polar surface area (TPSA) is 79.6 Å². The number of nitrogens with one attached hydrogen (secondary N) is 1. The van der Waals surface area contributed by atoms with Gasteiger partial charge in [-0.2, -0.15) is 0 Å². The summed E-state index contributed by atoms with van der Waals surface area (Å²) in [5.74, 6) is -0.663. The summed E-state index contributed by atoms with van der Waals surface area (Å²) in [5, 5.41) is 3.64. The minimum atomic E-state index is -4.24. The Labute approximate surface area is 220 Å². The second kappa shape index (κ2) is 7.82. The third-order valence-corrected chi connectivity index (χ3v) is 9.48. The Balaban J connectivity index is 1.65. The molecule has 4 aromatic carbocycles. The summed E-state index contributed by atoms with van der Waals surface area (Å²) in [6.45, 7) is 3.89. The number of para-hydroxylation sites is 2. The molecule has 2 aliphatic heterocycles. The van der Waals surface area contributed by atoms with Crippen LogP contribution < -0.4 is 9.62 Å². The SMILES string of the molecule is Cc1ccc(S(=O)(=O)N2c3c(oc4ccccc34)C(c3cccc(C)c3)C23C(=O)Nc2ccccc23)cc1. The number of hydrogen-bond acceptors (Lipinski definition) is 4. The van der Waals surface area contributed by atoms with Crippen molar-refractivity contribution in [3.05, 3.63) is 125 Å². The number of nitrogens with zero attached hydrogens (tertiary/aromatic N) is 1. The predicted molar refractivity (Wildman–Crippen MR) is 147 cm³/mol. The van der Waals surface area contributed by atoms with Crippen LogP contribution in [0.1, 0.15) is 33.9 Å². The van der Waals surface area contributed by atoms with Crippen molar-refractivity contribution in [3.8, 4) is 0 Å². The number of aryl methyl sites for hydroxylation is 2. The first-order chi connectivity index (χ1) is 18.3. The first kappa shape index (κ1) is 22.8. The van der Waals surface area contributed by atoms with Gasteiger partial charge in [-0.3, -0.25) is 4.79 Å². The van der Waals surface area contributed by atoms with Gasteiger partial charge in [-0.25, -0.2) is 12.7 Å². The Morgan fingerprint density at radius 3 is 2.37 bits per heavy atom.